The van der Waals surface area contributed by atoms with E-state index in [0.29, 0.717) is 11.5 Å². The van der Waals surface area contributed by atoms with E-state index < -0.39 is 0 Å². The van der Waals surface area contributed by atoms with E-state index in [1.54, 1.807) is 12.1 Å². The molecule has 0 aromatic heterocycles. The van der Waals surface area contributed by atoms with Crippen molar-refractivity contribution in [1.82, 2.24) is 0 Å². The fraction of sp³-hybridized carbons (Fsp3) is 0.533. The molecule has 104 valence electrons. The van der Waals surface area contributed by atoms with Crippen LogP contribution in [0.4, 0.5) is 0 Å². The van der Waals surface area contributed by atoms with Gasteiger partial charge in [0.25, 0.3) is 0 Å². The molecule has 0 saturated heterocycles. The largest absolute Gasteiger partial charge is 0.508 e. The van der Waals surface area contributed by atoms with Crippen LogP contribution >= 0.6 is 0 Å². The van der Waals surface area contributed by atoms with Crippen molar-refractivity contribution in [3.63, 3.8) is 0 Å². The summed E-state index contributed by atoms with van der Waals surface area (Å²) in [6.45, 7) is 1.68. The second-order valence-electron chi connectivity index (χ2n) is 5.22. The van der Waals surface area contributed by atoms with Crippen molar-refractivity contribution in [2.24, 2.45) is 11.8 Å². The fourth-order valence-corrected chi connectivity index (χ4v) is 2.68. The number of rotatable bonds is 5. The van der Waals surface area contributed by atoms with Crippen LogP contribution in [-0.4, -0.2) is 23.3 Å². The van der Waals surface area contributed by atoms with Gasteiger partial charge >= 0.3 is 5.97 Å². The van der Waals surface area contributed by atoms with Crippen molar-refractivity contribution >= 4 is 5.97 Å². The number of hydrogen-bond acceptors (Lipinski definition) is 4. The van der Waals surface area contributed by atoms with E-state index >= 15 is 0 Å². The average molecular weight is 264 g/mol. The minimum atomic E-state index is -0.225. The Kier molecular flexibility index (Phi) is 4.10. The monoisotopic (exact) mass is 264 g/mol. The highest BCUT2D eigenvalue weighted by atomic mass is 16.5. The predicted molar refractivity (Wildman–Crippen MR) is 70.7 cm³/mol. The Morgan fingerprint density at radius 3 is 2.63 bits per heavy atom. The number of methoxy groups -OCH3 is 1. The quantitative estimate of drug-likeness (QED) is 0.800. The summed E-state index contributed by atoms with van der Waals surface area (Å²) in [5.74, 6) is 0.196. The molecule has 1 aliphatic carbocycles. The maximum Gasteiger partial charge on any atom is 0.309 e. The van der Waals surface area contributed by atoms with E-state index in [1.165, 1.54) is 7.11 Å². The third kappa shape index (κ3) is 2.89. The van der Waals surface area contributed by atoms with E-state index in [-0.39, 0.29) is 30.2 Å². The number of hydrogen-bond donors (Lipinski definition) is 2. The first-order chi connectivity index (χ1) is 9.08. The van der Waals surface area contributed by atoms with E-state index in [9.17, 15) is 9.90 Å². The third-order valence-corrected chi connectivity index (χ3v) is 3.91. The van der Waals surface area contributed by atoms with Crippen LogP contribution in [-0.2, 0) is 16.1 Å². The van der Waals surface area contributed by atoms with E-state index in [2.05, 4.69) is 0 Å². The van der Waals surface area contributed by atoms with Crippen molar-refractivity contribution in [2.45, 2.75) is 32.3 Å². The molecule has 4 nitrogen and oxygen atoms in total. The second-order valence-corrected chi connectivity index (χ2v) is 5.22. The van der Waals surface area contributed by atoms with Crippen LogP contribution < -0.4 is 0 Å². The van der Waals surface area contributed by atoms with Gasteiger partial charge in [-0.25, -0.2) is 0 Å². The number of aromatic hydroxyl groups is 1. The number of aliphatic hydroxyl groups excluding tert-OH is 1. The Bertz CT molecular complexity index is 465. The zero-order chi connectivity index (χ0) is 14.0. The van der Waals surface area contributed by atoms with Crippen LogP contribution in [0.5, 0.6) is 5.75 Å². The number of ether oxygens (including phenoxy) is 1. The Morgan fingerprint density at radius 2 is 2.16 bits per heavy atom. The van der Waals surface area contributed by atoms with E-state index in [1.807, 2.05) is 13.0 Å². The highest BCUT2D eigenvalue weighted by Crippen LogP contribution is 2.47. The van der Waals surface area contributed by atoms with Gasteiger partial charge in [0.2, 0.25) is 0 Å². The Morgan fingerprint density at radius 1 is 1.47 bits per heavy atom. The first kappa shape index (κ1) is 13.9. The van der Waals surface area contributed by atoms with Gasteiger partial charge in [-0.2, -0.15) is 0 Å². The topological polar surface area (TPSA) is 66.8 Å². The third-order valence-electron chi connectivity index (χ3n) is 3.91. The lowest BCUT2D eigenvalue weighted by Crippen LogP contribution is -2.22. The number of benzene rings is 1. The molecule has 19 heavy (non-hydrogen) atoms. The molecule has 1 fully saturated rings. The van der Waals surface area contributed by atoms with Crippen LogP contribution in [0.15, 0.2) is 18.2 Å². The predicted octanol–water partition coefficient (Wildman–Crippen LogP) is 2.19. The van der Waals surface area contributed by atoms with Crippen molar-refractivity contribution in [1.29, 1.82) is 0 Å². The lowest BCUT2D eigenvalue weighted by molar-refractivity contribution is -0.145. The lowest BCUT2D eigenvalue weighted by atomic mass is 9.83. The Balaban J connectivity index is 2.29. The number of carbonyl (C=O) groups is 1. The highest BCUT2D eigenvalue weighted by Gasteiger charge is 2.39. The molecule has 0 amide bonds. The Hall–Kier alpha value is -1.55. The molecular weight excluding hydrogens is 244 g/mol. The van der Waals surface area contributed by atoms with Crippen LogP contribution in [0, 0.1) is 11.8 Å². The molecule has 0 unspecified atom stereocenters. The Labute approximate surface area is 113 Å². The maximum absolute atomic E-state index is 11.7. The zero-order valence-electron chi connectivity index (χ0n) is 11.3. The average Bonchev–Trinajstić information content (AvgIpc) is 3.22. The van der Waals surface area contributed by atoms with Gasteiger partial charge in [-0.1, -0.05) is 19.1 Å². The molecular formula is C15H20O4. The van der Waals surface area contributed by atoms with Crippen molar-refractivity contribution < 1.29 is 19.7 Å². The molecule has 1 saturated carbocycles. The molecule has 0 radical (unpaired) electrons. The smallest absolute Gasteiger partial charge is 0.309 e. The van der Waals surface area contributed by atoms with Gasteiger partial charge in [0, 0.05) is 5.56 Å². The van der Waals surface area contributed by atoms with E-state index in [0.717, 1.165) is 18.4 Å². The van der Waals surface area contributed by atoms with Crippen molar-refractivity contribution in [2.75, 3.05) is 7.11 Å². The molecule has 1 aromatic carbocycles. The SMILES string of the molecule is COC(=O)[C@@H](C)[C@H](c1ccc(CO)c(O)c1)C1CC1. The summed E-state index contributed by atoms with van der Waals surface area (Å²) in [6, 6.07) is 5.26. The standard InChI is InChI=1S/C15H20O4/c1-9(15(18)19-2)14(10-3-4-10)11-5-6-12(8-16)13(17)7-11/h5-7,9-10,14,16-17H,3-4,8H2,1-2H3/t9-,14-/m0/s1. The van der Waals surface area contributed by atoms with Crippen LogP contribution in [0.2, 0.25) is 0 Å². The first-order valence-electron chi connectivity index (χ1n) is 6.59. The number of aliphatic hydroxyl groups is 1. The van der Waals surface area contributed by atoms with Gasteiger partial charge in [0.15, 0.2) is 0 Å². The lowest BCUT2D eigenvalue weighted by Gasteiger charge is -2.23. The number of carbonyl (C=O) groups excluding carboxylic acids is 1. The van der Waals surface area contributed by atoms with Crippen LogP contribution in [0.25, 0.3) is 0 Å². The summed E-state index contributed by atoms with van der Waals surface area (Å²) in [4.78, 5) is 11.7. The van der Waals surface area contributed by atoms with Crippen LogP contribution in [0.3, 0.4) is 0 Å². The maximum atomic E-state index is 11.7. The summed E-state index contributed by atoms with van der Waals surface area (Å²) >= 11 is 0. The summed E-state index contributed by atoms with van der Waals surface area (Å²) in [5.41, 5.74) is 1.44. The highest BCUT2D eigenvalue weighted by molar-refractivity contribution is 5.73. The molecule has 1 aliphatic rings. The molecule has 2 atom stereocenters. The minimum Gasteiger partial charge on any atom is -0.508 e. The summed E-state index contributed by atoms with van der Waals surface area (Å²) in [6.07, 6.45) is 2.21. The van der Waals surface area contributed by atoms with Gasteiger partial charge in [-0.15, -0.1) is 0 Å². The fourth-order valence-electron chi connectivity index (χ4n) is 2.68. The molecule has 4 heteroatoms. The molecule has 0 bridgehead atoms. The normalized spacial score (nSPS) is 17.8. The van der Waals surface area contributed by atoms with Gasteiger partial charge < -0.3 is 14.9 Å². The minimum absolute atomic E-state index is 0.0751. The second kappa shape index (κ2) is 5.61. The van der Waals surface area contributed by atoms with Gasteiger partial charge in [-0.3, -0.25) is 4.79 Å². The molecule has 2 rings (SSSR count). The first-order valence-corrected chi connectivity index (χ1v) is 6.59. The van der Waals surface area contributed by atoms with E-state index in [4.69, 9.17) is 9.84 Å². The molecule has 1 aromatic rings. The summed E-state index contributed by atoms with van der Waals surface area (Å²) in [7, 11) is 1.40. The van der Waals surface area contributed by atoms with Gasteiger partial charge in [-0.05, 0) is 36.3 Å². The summed E-state index contributed by atoms with van der Waals surface area (Å²) in [5, 5.41) is 18.9. The summed E-state index contributed by atoms with van der Waals surface area (Å²) < 4.78 is 4.83. The molecule has 0 aliphatic heterocycles. The molecule has 2 N–H and O–H groups in total. The molecule has 0 spiro atoms. The number of phenols is 1. The number of esters is 1. The van der Waals surface area contributed by atoms with Gasteiger partial charge in [0.1, 0.15) is 5.75 Å². The van der Waals surface area contributed by atoms with Gasteiger partial charge in [0.05, 0.1) is 19.6 Å². The van der Waals surface area contributed by atoms with Crippen molar-refractivity contribution in [3.05, 3.63) is 29.3 Å². The zero-order valence-corrected chi connectivity index (χ0v) is 11.3. The van der Waals surface area contributed by atoms with Crippen molar-refractivity contribution in [3.8, 4) is 5.75 Å². The van der Waals surface area contributed by atoms with Crippen LogP contribution in [0.1, 0.15) is 36.8 Å². The molecule has 0 heterocycles.